The van der Waals surface area contributed by atoms with Crippen molar-refractivity contribution in [2.45, 2.75) is 59.3 Å². The third-order valence-corrected chi connectivity index (χ3v) is 4.45. The van der Waals surface area contributed by atoms with E-state index in [4.69, 9.17) is 0 Å². The van der Waals surface area contributed by atoms with E-state index in [1.807, 2.05) is 0 Å². The Kier molecular flexibility index (Phi) is 2.42. The van der Waals surface area contributed by atoms with Gasteiger partial charge in [0, 0.05) is 0 Å². The van der Waals surface area contributed by atoms with Crippen LogP contribution in [0.4, 0.5) is 0 Å². The second kappa shape index (κ2) is 3.29. The molecule has 0 radical (unpaired) electrons. The van der Waals surface area contributed by atoms with Crippen LogP contribution in [0.5, 0.6) is 0 Å². The van der Waals surface area contributed by atoms with Crippen LogP contribution in [0, 0.1) is 23.2 Å². The van der Waals surface area contributed by atoms with E-state index in [0.29, 0.717) is 5.41 Å². The van der Waals surface area contributed by atoms with Crippen molar-refractivity contribution in [2.24, 2.45) is 23.2 Å². The quantitative estimate of drug-likeness (QED) is 0.523. The van der Waals surface area contributed by atoms with Crippen LogP contribution in [-0.2, 0) is 0 Å². The van der Waals surface area contributed by atoms with Crippen LogP contribution in [0.1, 0.15) is 59.3 Å². The van der Waals surface area contributed by atoms with E-state index in [1.54, 1.807) is 0 Å². The highest BCUT2D eigenvalue weighted by molar-refractivity contribution is 4.92. The zero-order valence-electron chi connectivity index (χ0n) is 9.47. The standard InChI is InChI=1S/C13H24/c1-13(2,3)12-9-8-10-6-4-5-7-11(10)12/h10-12H,4-9H2,1-3H3/t10?,11?,12-/m0/s1. The van der Waals surface area contributed by atoms with Crippen LogP contribution in [0.2, 0.25) is 0 Å². The van der Waals surface area contributed by atoms with Gasteiger partial charge >= 0.3 is 0 Å². The summed E-state index contributed by atoms with van der Waals surface area (Å²) in [7, 11) is 0. The van der Waals surface area contributed by atoms with Crippen LogP contribution in [0.25, 0.3) is 0 Å². The van der Waals surface area contributed by atoms with E-state index in [-0.39, 0.29) is 0 Å². The van der Waals surface area contributed by atoms with Gasteiger partial charge in [-0.1, -0.05) is 40.0 Å². The van der Waals surface area contributed by atoms with Crippen molar-refractivity contribution in [3.8, 4) is 0 Å². The van der Waals surface area contributed by atoms with Gasteiger partial charge in [-0.25, -0.2) is 0 Å². The molecule has 0 heteroatoms. The molecule has 0 N–H and O–H groups in total. The molecule has 0 aromatic carbocycles. The Morgan fingerprint density at radius 3 is 2.23 bits per heavy atom. The molecule has 76 valence electrons. The minimum absolute atomic E-state index is 0.566. The molecule has 2 saturated carbocycles. The van der Waals surface area contributed by atoms with Gasteiger partial charge in [0.2, 0.25) is 0 Å². The van der Waals surface area contributed by atoms with E-state index < -0.39 is 0 Å². The van der Waals surface area contributed by atoms with E-state index in [0.717, 1.165) is 17.8 Å². The molecule has 0 saturated heterocycles. The minimum atomic E-state index is 0.566. The van der Waals surface area contributed by atoms with Gasteiger partial charge in [-0.05, 0) is 42.4 Å². The highest BCUT2D eigenvalue weighted by Crippen LogP contribution is 2.51. The van der Waals surface area contributed by atoms with Gasteiger partial charge in [0.15, 0.2) is 0 Å². The molecule has 2 unspecified atom stereocenters. The monoisotopic (exact) mass is 180 g/mol. The maximum Gasteiger partial charge on any atom is -0.0334 e. The fourth-order valence-electron chi connectivity index (χ4n) is 3.81. The third kappa shape index (κ3) is 1.78. The van der Waals surface area contributed by atoms with Crippen LogP contribution in [-0.4, -0.2) is 0 Å². The number of hydrogen-bond acceptors (Lipinski definition) is 0. The molecular formula is C13H24. The van der Waals surface area contributed by atoms with Crippen molar-refractivity contribution >= 4 is 0 Å². The molecule has 2 rings (SSSR count). The van der Waals surface area contributed by atoms with Crippen molar-refractivity contribution in [1.82, 2.24) is 0 Å². The molecule has 0 spiro atoms. The maximum atomic E-state index is 2.44. The Hall–Kier alpha value is 0. The summed E-state index contributed by atoms with van der Waals surface area (Å²) in [5.74, 6) is 3.23. The highest BCUT2D eigenvalue weighted by Gasteiger charge is 2.42. The smallest absolute Gasteiger partial charge is 0.0334 e. The molecule has 2 aliphatic carbocycles. The normalized spacial score (nSPS) is 40.4. The maximum absolute atomic E-state index is 2.44. The first kappa shape index (κ1) is 9.55. The minimum Gasteiger partial charge on any atom is -0.0599 e. The number of rotatable bonds is 0. The first-order valence-electron chi connectivity index (χ1n) is 6.09. The van der Waals surface area contributed by atoms with E-state index in [2.05, 4.69) is 20.8 Å². The summed E-state index contributed by atoms with van der Waals surface area (Å²) in [6, 6.07) is 0. The summed E-state index contributed by atoms with van der Waals surface area (Å²) in [6.45, 7) is 7.32. The summed E-state index contributed by atoms with van der Waals surface area (Å²) < 4.78 is 0. The molecule has 0 nitrogen and oxygen atoms in total. The zero-order chi connectivity index (χ0) is 9.47. The van der Waals surface area contributed by atoms with Gasteiger partial charge in [-0.15, -0.1) is 0 Å². The van der Waals surface area contributed by atoms with E-state index in [1.165, 1.54) is 38.5 Å². The highest BCUT2D eigenvalue weighted by atomic mass is 14.5. The van der Waals surface area contributed by atoms with E-state index >= 15 is 0 Å². The SMILES string of the molecule is CC(C)(C)[C@H]1CCC2CCCCC21. The Morgan fingerprint density at radius 2 is 1.54 bits per heavy atom. The Morgan fingerprint density at radius 1 is 0.846 bits per heavy atom. The summed E-state index contributed by atoms with van der Waals surface area (Å²) >= 11 is 0. The van der Waals surface area contributed by atoms with Gasteiger partial charge in [-0.2, -0.15) is 0 Å². The topological polar surface area (TPSA) is 0 Å². The summed E-state index contributed by atoms with van der Waals surface area (Å²) in [5, 5.41) is 0. The molecule has 2 aliphatic rings. The lowest BCUT2D eigenvalue weighted by Gasteiger charge is -2.36. The molecule has 0 aromatic rings. The van der Waals surface area contributed by atoms with Gasteiger partial charge in [0.05, 0.1) is 0 Å². The molecule has 0 heterocycles. The van der Waals surface area contributed by atoms with Crippen molar-refractivity contribution in [2.75, 3.05) is 0 Å². The Balaban J connectivity index is 2.07. The second-order valence-corrected chi connectivity index (χ2v) is 6.26. The van der Waals surface area contributed by atoms with Crippen LogP contribution in [0.3, 0.4) is 0 Å². The molecule has 2 fully saturated rings. The molecule has 13 heavy (non-hydrogen) atoms. The van der Waals surface area contributed by atoms with Crippen molar-refractivity contribution in [3.05, 3.63) is 0 Å². The summed E-state index contributed by atoms with van der Waals surface area (Å²) in [6.07, 6.45) is 9.14. The van der Waals surface area contributed by atoms with Gasteiger partial charge < -0.3 is 0 Å². The lowest BCUT2D eigenvalue weighted by Crippen LogP contribution is -2.28. The summed E-state index contributed by atoms with van der Waals surface area (Å²) in [4.78, 5) is 0. The first-order chi connectivity index (χ1) is 6.09. The molecule has 0 amide bonds. The fraction of sp³-hybridized carbons (Fsp3) is 1.00. The van der Waals surface area contributed by atoms with Gasteiger partial charge in [0.25, 0.3) is 0 Å². The molecule has 3 atom stereocenters. The summed E-state index contributed by atoms with van der Waals surface area (Å²) in [5.41, 5.74) is 0.566. The second-order valence-electron chi connectivity index (χ2n) is 6.26. The fourth-order valence-corrected chi connectivity index (χ4v) is 3.81. The zero-order valence-corrected chi connectivity index (χ0v) is 9.47. The Labute approximate surface area is 83.1 Å². The molecule has 0 bridgehead atoms. The molecule has 0 aromatic heterocycles. The molecular weight excluding hydrogens is 156 g/mol. The third-order valence-electron chi connectivity index (χ3n) is 4.45. The van der Waals surface area contributed by atoms with Crippen molar-refractivity contribution < 1.29 is 0 Å². The Bertz CT molecular complexity index is 175. The predicted octanol–water partition coefficient (Wildman–Crippen LogP) is 4.25. The van der Waals surface area contributed by atoms with Crippen LogP contribution in [0.15, 0.2) is 0 Å². The lowest BCUT2D eigenvalue weighted by atomic mass is 9.69. The van der Waals surface area contributed by atoms with Crippen molar-refractivity contribution in [1.29, 1.82) is 0 Å². The molecule has 0 aliphatic heterocycles. The lowest BCUT2D eigenvalue weighted by molar-refractivity contribution is 0.133. The number of hydrogen-bond donors (Lipinski definition) is 0. The van der Waals surface area contributed by atoms with Crippen molar-refractivity contribution in [3.63, 3.8) is 0 Å². The van der Waals surface area contributed by atoms with Crippen LogP contribution < -0.4 is 0 Å². The first-order valence-corrected chi connectivity index (χ1v) is 6.09. The predicted molar refractivity (Wildman–Crippen MR) is 57.6 cm³/mol. The average Bonchev–Trinajstić information content (AvgIpc) is 2.45. The average molecular weight is 180 g/mol. The number of fused-ring (bicyclic) bond motifs is 1. The van der Waals surface area contributed by atoms with E-state index in [9.17, 15) is 0 Å². The van der Waals surface area contributed by atoms with Crippen LogP contribution >= 0.6 is 0 Å². The van der Waals surface area contributed by atoms with Gasteiger partial charge in [-0.3, -0.25) is 0 Å². The largest absolute Gasteiger partial charge is 0.0599 e. The van der Waals surface area contributed by atoms with Gasteiger partial charge in [0.1, 0.15) is 0 Å².